The second-order valence-corrected chi connectivity index (χ2v) is 10.9. The summed E-state index contributed by atoms with van der Waals surface area (Å²) >= 11 is 3.51. The fourth-order valence-corrected chi connectivity index (χ4v) is 6.01. The molecule has 0 bridgehead atoms. The van der Waals surface area contributed by atoms with Gasteiger partial charge in [-0.3, -0.25) is 14.6 Å². The molecule has 3 atom stereocenters. The number of benzene rings is 1. The van der Waals surface area contributed by atoms with E-state index in [2.05, 4.69) is 42.4 Å². The van der Waals surface area contributed by atoms with E-state index in [-0.39, 0.29) is 23.8 Å². The number of nitrogens with zero attached hydrogens (tertiary/aromatic N) is 8. The number of fused-ring (bicyclic) bond motifs is 2. The SMILES string of the molecule is C[C@H]1C(=O)N(C)CCN1C(=O)[C@@H]1CC[C@@H](Nc2ncc3c(Br)nn(-c4cc(C#N)c5ncccc5c4)c3n2)C1. The third kappa shape index (κ3) is 4.46. The molecule has 12 heteroatoms. The van der Waals surface area contributed by atoms with E-state index in [1.54, 1.807) is 46.9 Å². The summed E-state index contributed by atoms with van der Waals surface area (Å²) in [6, 6.07) is 9.24. The molecule has 2 amide bonds. The zero-order chi connectivity index (χ0) is 27.3. The maximum absolute atomic E-state index is 13.2. The van der Waals surface area contributed by atoms with Gasteiger partial charge in [0.1, 0.15) is 16.7 Å². The summed E-state index contributed by atoms with van der Waals surface area (Å²) in [6.07, 6.45) is 5.58. The van der Waals surface area contributed by atoms with E-state index in [1.165, 1.54) is 0 Å². The van der Waals surface area contributed by atoms with Gasteiger partial charge < -0.3 is 15.1 Å². The lowest BCUT2D eigenvalue weighted by molar-refractivity contribution is -0.151. The van der Waals surface area contributed by atoms with Crippen LogP contribution >= 0.6 is 15.9 Å². The van der Waals surface area contributed by atoms with Crippen LogP contribution in [0.2, 0.25) is 0 Å². The van der Waals surface area contributed by atoms with Crippen LogP contribution < -0.4 is 5.32 Å². The molecule has 39 heavy (non-hydrogen) atoms. The third-order valence-electron chi connectivity index (χ3n) is 7.71. The van der Waals surface area contributed by atoms with Gasteiger partial charge in [-0.1, -0.05) is 6.07 Å². The predicted molar refractivity (Wildman–Crippen MR) is 148 cm³/mol. The quantitative estimate of drug-likeness (QED) is 0.384. The van der Waals surface area contributed by atoms with E-state index in [0.717, 1.165) is 23.6 Å². The van der Waals surface area contributed by atoms with Crippen molar-refractivity contribution in [1.82, 2.24) is 34.5 Å². The fraction of sp³-hybridized carbons (Fsp3) is 0.370. The molecule has 198 valence electrons. The Bertz CT molecular complexity index is 1660. The number of rotatable bonds is 4. The second kappa shape index (κ2) is 9.89. The van der Waals surface area contributed by atoms with E-state index < -0.39 is 6.04 Å². The van der Waals surface area contributed by atoms with Crippen molar-refractivity contribution in [1.29, 1.82) is 5.26 Å². The largest absolute Gasteiger partial charge is 0.351 e. The molecule has 4 aromatic rings. The van der Waals surface area contributed by atoms with Crippen molar-refractivity contribution in [3.8, 4) is 11.8 Å². The third-order valence-corrected chi connectivity index (χ3v) is 8.30. The number of nitriles is 1. The van der Waals surface area contributed by atoms with Gasteiger partial charge >= 0.3 is 0 Å². The maximum Gasteiger partial charge on any atom is 0.244 e. The number of piperazine rings is 1. The first kappa shape index (κ1) is 25.2. The first-order chi connectivity index (χ1) is 18.8. The highest BCUT2D eigenvalue weighted by Crippen LogP contribution is 2.32. The minimum absolute atomic E-state index is 0.0173. The summed E-state index contributed by atoms with van der Waals surface area (Å²) in [4.78, 5) is 42.6. The van der Waals surface area contributed by atoms with Gasteiger partial charge in [0, 0.05) is 49.9 Å². The Balaban J connectivity index is 1.24. The molecule has 0 unspecified atom stereocenters. The summed E-state index contributed by atoms with van der Waals surface area (Å²) < 4.78 is 2.28. The van der Waals surface area contributed by atoms with Crippen LogP contribution in [0.5, 0.6) is 0 Å². The van der Waals surface area contributed by atoms with Gasteiger partial charge in [-0.2, -0.15) is 15.3 Å². The number of likely N-dealkylation sites (N-methyl/N-ethyl adjacent to an activating group) is 1. The van der Waals surface area contributed by atoms with Crippen LogP contribution in [0.3, 0.4) is 0 Å². The monoisotopic (exact) mass is 587 g/mol. The molecular formula is C27H26BrN9O2. The van der Waals surface area contributed by atoms with Crippen molar-refractivity contribution in [2.24, 2.45) is 5.92 Å². The maximum atomic E-state index is 13.2. The standard InChI is InChI=1S/C27H26BrN9O2/c1-15-25(38)35(2)8-9-36(15)26(39)17-5-6-19(10-17)32-27-31-14-21-23(28)34-37(24(21)33-27)20-11-16-4-3-7-30-22(16)18(12-20)13-29/h3-4,7,11-12,14-15,17,19H,5-6,8-10H2,1-2H3,(H,31,32,33)/t15-,17+,19+/m0/s1. The number of hydrogen-bond donors (Lipinski definition) is 1. The number of carbonyl (C=O) groups excluding carboxylic acids is 2. The lowest BCUT2D eigenvalue weighted by atomic mass is 10.0. The highest BCUT2D eigenvalue weighted by Gasteiger charge is 2.38. The molecule has 1 N–H and O–H groups in total. The number of aromatic nitrogens is 5. The van der Waals surface area contributed by atoms with Crippen molar-refractivity contribution in [2.75, 3.05) is 25.5 Å². The summed E-state index contributed by atoms with van der Waals surface area (Å²) in [5, 5.41) is 19.3. The minimum atomic E-state index is -0.430. The van der Waals surface area contributed by atoms with E-state index >= 15 is 0 Å². The lowest BCUT2D eigenvalue weighted by Crippen LogP contribution is -2.57. The molecule has 6 rings (SSSR count). The molecule has 1 aromatic carbocycles. The molecule has 1 saturated heterocycles. The molecule has 3 aromatic heterocycles. The van der Waals surface area contributed by atoms with Crippen LogP contribution in [-0.2, 0) is 9.59 Å². The Labute approximate surface area is 233 Å². The van der Waals surface area contributed by atoms with E-state index in [0.29, 0.717) is 52.5 Å². The molecule has 1 aliphatic heterocycles. The van der Waals surface area contributed by atoms with Crippen LogP contribution in [0.25, 0.3) is 27.6 Å². The number of nitrogens with one attached hydrogen (secondary N) is 1. The highest BCUT2D eigenvalue weighted by molar-refractivity contribution is 9.10. The zero-order valence-corrected chi connectivity index (χ0v) is 23.1. The molecule has 0 spiro atoms. The van der Waals surface area contributed by atoms with Crippen LogP contribution in [0.4, 0.5) is 5.95 Å². The van der Waals surface area contributed by atoms with Crippen LogP contribution in [-0.4, -0.2) is 78.6 Å². The van der Waals surface area contributed by atoms with Crippen LogP contribution in [0.1, 0.15) is 31.7 Å². The van der Waals surface area contributed by atoms with E-state index in [1.807, 2.05) is 18.2 Å². The molecule has 2 fully saturated rings. The topological polar surface area (TPSA) is 133 Å². The Morgan fingerprint density at radius 1 is 1.23 bits per heavy atom. The number of halogens is 1. The number of amides is 2. The Kier molecular flexibility index (Phi) is 6.38. The molecule has 1 saturated carbocycles. The normalized spacial score (nSPS) is 21.5. The van der Waals surface area contributed by atoms with E-state index in [4.69, 9.17) is 4.98 Å². The molecule has 2 aliphatic rings. The van der Waals surface area contributed by atoms with E-state index in [9.17, 15) is 14.9 Å². The Morgan fingerprint density at radius 2 is 2.08 bits per heavy atom. The number of hydrogen-bond acceptors (Lipinski definition) is 8. The first-order valence-electron chi connectivity index (χ1n) is 12.9. The van der Waals surface area contributed by atoms with Gasteiger partial charge in [0.05, 0.1) is 22.2 Å². The van der Waals surface area contributed by atoms with Gasteiger partial charge in [-0.15, -0.1) is 0 Å². The molecule has 11 nitrogen and oxygen atoms in total. The number of pyridine rings is 1. The second-order valence-electron chi connectivity index (χ2n) is 10.1. The van der Waals surface area contributed by atoms with Gasteiger partial charge in [0.2, 0.25) is 17.8 Å². The summed E-state index contributed by atoms with van der Waals surface area (Å²) in [6.45, 7) is 2.92. The van der Waals surface area contributed by atoms with Crippen molar-refractivity contribution >= 4 is 55.6 Å². The molecule has 0 radical (unpaired) electrons. The molecule has 4 heterocycles. The lowest BCUT2D eigenvalue weighted by Gasteiger charge is -2.38. The highest BCUT2D eigenvalue weighted by atomic mass is 79.9. The van der Waals surface area contributed by atoms with Crippen LogP contribution in [0.15, 0.2) is 41.3 Å². The average molecular weight is 588 g/mol. The van der Waals surface area contributed by atoms with Gasteiger partial charge in [-0.05, 0) is 60.3 Å². The summed E-state index contributed by atoms with van der Waals surface area (Å²) in [7, 11) is 1.77. The van der Waals surface area contributed by atoms with Crippen molar-refractivity contribution in [3.05, 3.63) is 46.8 Å². The summed E-state index contributed by atoms with van der Waals surface area (Å²) in [5.74, 6) is 0.336. The minimum Gasteiger partial charge on any atom is -0.351 e. The van der Waals surface area contributed by atoms with Crippen molar-refractivity contribution in [2.45, 2.75) is 38.3 Å². The first-order valence-corrected chi connectivity index (χ1v) is 13.7. The fourth-order valence-electron chi connectivity index (χ4n) is 5.57. The van der Waals surface area contributed by atoms with Gasteiger partial charge in [0.25, 0.3) is 0 Å². The van der Waals surface area contributed by atoms with Crippen LogP contribution in [0, 0.1) is 17.2 Å². The smallest absolute Gasteiger partial charge is 0.244 e. The van der Waals surface area contributed by atoms with Gasteiger partial charge in [-0.25, -0.2) is 9.67 Å². The molecular weight excluding hydrogens is 562 g/mol. The Morgan fingerprint density at radius 3 is 2.90 bits per heavy atom. The van der Waals surface area contributed by atoms with Gasteiger partial charge in [0.15, 0.2) is 5.65 Å². The average Bonchev–Trinajstić information content (AvgIpc) is 3.55. The number of anilines is 1. The predicted octanol–water partition coefficient (Wildman–Crippen LogP) is 3.27. The Hall–Kier alpha value is -4.11. The molecule has 1 aliphatic carbocycles. The van der Waals surface area contributed by atoms with Crippen molar-refractivity contribution < 1.29 is 9.59 Å². The van der Waals surface area contributed by atoms with Crippen molar-refractivity contribution in [3.63, 3.8) is 0 Å². The number of carbonyl (C=O) groups is 2. The summed E-state index contributed by atoms with van der Waals surface area (Å²) in [5.41, 5.74) is 2.36. The zero-order valence-electron chi connectivity index (χ0n) is 21.5.